The molecule has 1 saturated carbocycles. The molecule has 0 bridgehead atoms. The van der Waals surface area contributed by atoms with Gasteiger partial charge in [0, 0.05) is 11.6 Å². The van der Waals surface area contributed by atoms with Crippen LogP contribution in [0.2, 0.25) is 0 Å². The van der Waals surface area contributed by atoms with Gasteiger partial charge in [0.05, 0.1) is 0 Å². The SMILES string of the molecule is CC(C)C1CCCCC1NC(=O)c1ccccc1. The van der Waals surface area contributed by atoms with E-state index in [9.17, 15) is 4.79 Å². The molecular weight excluding hydrogens is 222 g/mol. The van der Waals surface area contributed by atoms with Crippen molar-refractivity contribution >= 4 is 5.91 Å². The van der Waals surface area contributed by atoms with Gasteiger partial charge in [-0.2, -0.15) is 0 Å². The molecule has 2 atom stereocenters. The van der Waals surface area contributed by atoms with E-state index in [0.29, 0.717) is 17.9 Å². The Labute approximate surface area is 110 Å². The van der Waals surface area contributed by atoms with Gasteiger partial charge < -0.3 is 5.32 Å². The highest BCUT2D eigenvalue weighted by atomic mass is 16.1. The number of hydrogen-bond donors (Lipinski definition) is 1. The lowest BCUT2D eigenvalue weighted by Gasteiger charge is -2.34. The first kappa shape index (κ1) is 13.1. The van der Waals surface area contributed by atoms with Crippen molar-refractivity contribution in [3.63, 3.8) is 0 Å². The summed E-state index contributed by atoms with van der Waals surface area (Å²) in [5.74, 6) is 1.35. The molecule has 18 heavy (non-hydrogen) atoms. The van der Waals surface area contributed by atoms with E-state index in [1.54, 1.807) is 0 Å². The van der Waals surface area contributed by atoms with Gasteiger partial charge >= 0.3 is 0 Å². The van der Waals surface area contributed by atoms with Crippen molar-refractivity contribution in [1.29, 1.82) is 0 Å². The molecule has 1 aromatic carbocycles. The van der Waals surface area contributed by atoms with Crippen molar-refractivity contribution < 1.29 is 4.79 Å². The van der Waals surface area contributed by atoms with E-state index >= 15 is 0 Å². The Morgan fingerprint density at radius 3 is 2.50 bits per heavy atom. The van der Waals surface area contributed by atoms with Crippen molar-refractivity contribution in [3.8, 4) is 0 Å². The van der Waals surface area contributed by atoms with Gasteiger partial charge in [0.15, 0.2) is 0 Å². The minimum Gasteiger partial charge on any atom is -0.349 e. The summed E-state index contributed by atoms with van der Waals surface area (Å²) in [5, 5.41) is 3.23. The predicted octanol–water partition coefficient (Wildman–Crippen LogP) is 3.63. The molecule has 0 heterocycles. The highest BCUT2D eigenvalue weighted by Gasteiger charge is 2.28. The Balaban J connectivity index is 2.01. The molecule has 98 valence electrons. The molecule has 2 heteroatoms. The number of hydrogen-bond acceptors (Lipinski definition) is 1. The first-order valence-corrected chi connectivity index (χ1v) is 7.04. The van der Waals surface area contributed by atoms with Crippen molar-refractivity contribution in [1.82, 2.24) is 5.32 Å². The lowest BCUT2D eigenvalue weighted by Crippen LogP contribution is -2.43. The molecule has 1 N–H and O–H groups in total. The second-order valence-electron chi connectivity index (χ2n) is 5.64. The molecule has 0 aromatic heterocycles. The molecule has 1 aliphatic rings. The van der Waals surface area contributed by atoms with E-state index in [4.69, 9.17) is 0 Å². The summed E-state index contributed by atoms with van der Waals surface area (Å²) in [6.45, 7) is 4.52. The number of benzene rings is 1. The molecular formula is C16H23NO. The fourth-order valence-corrected chi connectivity index (χ4v) is 2.98. The van der Waals surface area contributed by atoms with E-state index < -0.39 is 0 Å². The minimum atomic E-state index is 0.0770. The molecule has 0 spiro atoms. The van der Waals surface area contributed by atoms with E-state index in [-0.39, 0.29) is 5.91 Å². The molecule has 1 aliphatic carbocycles. The van der Waals surface area contributed by atoms with Crippen molar-refractivity contribution in [2.24, 2.45) is 11.8 Å². The van der Waals surface area contributed by atoms with Crippen molar-refractivity contribution in [2.75, 3.05) is 0 Å². The first-order valence-electron chi connectivity index (χ1n) is 7.04. The Morgan fingerprint density at radius 2 is 1.83 bits per heavy atom. The molecule has 0 saturated heterocycles. The van der Waals surface area contributed by atoms with Crippen LogP contribution in [0.3, 0.4) is 0 Å². The Morgan fingerprint density at radius 1 is 1.17 bits per heavy atom. The Bertz CT molecular complexity index is 385. The van der Waals surface area contributed by atoms with Crippen LogP contribution in [0, 0.1) is 11.8 Å². The maximum Gasteiger partial charge on any atom is 0.251 e. The summed E-state index contributed by atoms with van der Waals surface area (Å²) in [6.07, 6.45) is 4.92. The van der Waals surface area contributed by atoms with Gasteiger partial charge in [0.2, 0.25) is 0 Å². The van der Waals surface area contributed by atoms with Gasteiger partial charge in [-0.25, -0.2) is 0 Å². The summed E-state index contributed by atoms with van der Waals surface area (Å²) in [6, 6.07) is 9.87. The fraction of sp³-hybridized carbons (Fsp3) is 0.562. The average molecular weight is 245 g/mol. The molecule has 2 nitrogen and oxygen atoms in total. The summed E-state index contributed by atoms with van der Waals surface area (Å²) >= 11 is 0. The standard InChI is InChI=1S/C16H23NO/c1-12(2)14-10-6-7-11-15(14)17-16(18)13-8-4-3-5-9-13/h3-5,8-9,12,14-15H,6-7,10-11H2,1-2H3,(H,17,18). The monoisotopic (exact) mass is 245 g/mol. The van der Waals surface area contributed by atoms with Crippen LogP contribution in [0.4, 0.5) is 0 Å². The fourth-order valence-electron chi connectivity index (χ4n) is 2.98. The van der Waals surface area contributed by atoms with Crippen LogP contribution < -0.4 is 5.32 Å². The summed E-state index contributed by atoms with van der Waals surface area (Å²) < 4.78 is 0. The third kappa shape index (κ3) is 3.12. The van der Waals surface area contributed by atoms with Crippen LogP contribution >= 0.6 is 0 Å². The van der Waals surface area contributed by atoms with E-state index in [0.717, 1.165) is 12.0 Å². The van der Waals surface area contributed by atoms with Gasteiger partial charge in [0.25, 0.3) is 5.91 Å². The maximum absolute atomic E-state index is 12.2. The van der Waals surface area contributed by atoms with E-state index in [1.165, 1.54) is 19.3 Å². The second kappa shape index (κ2) is 6.03. The third-order valence-corrected chi connectivity index (χ3v) is 4.03. The second-order valence-corrected chi connectivity index (χ2v) is 5.64. The predicted molar refractivity (Wildman–Crippen MR) is 74.5 cm³/mol. The highest BCUT2D eigenvalue weighted by molar-refractivity contribution is 5.94. The highest BCUT2D eigenvalue weighted by Crippen LogP contribution is 2.30. The van der Waals surface area contributed by atoms with Gasteiger partial charge in [-0.3, -0.25) is 4.79 Å². The van der Waals surface area contributed by atoms with Crippen LogP contribution in [0.1, 0.15) is 49.9 Å². The van der Waals surface area contributed by atoms with Gasteiger partial charge in [-0.05, 0) is 36.8 Å². The molecule has 2 unspecified atom stereocenters. The summed E-state index contributed by atoms with van der Waals surface area (Å²) in [5.41, 5.74) is 0.769. The zero-order valence-corrected chi connectivity index (χ0v) is 11.4. The lowest BCUT2D eigenvalue weighted by atomic mass is 9.78. The number of carbonyl (C=O) groups is 1. The minimum absolute atomic E-state index is 0.0770. The van der Waals surface area contributed by atoms with E-state index in [2.05, 4.69) is 19.2 Å². The Hall–Kier alpha value is -1.31. The number of nitrogens with one attached hydrogen (secondary N) is 1. The molecule has 1 fully saturated rings. The van der Waals surface area contributed by atoms with Crippen LogP contribution in [-0.4, -0.2) is 11.9 Å². The van der Waals surface area contributed by atoms with Crippen molar-refractivity contribution in [2.45, 2.75) is 45.6 Å². The summed E-state index contributed by atoms with van der Waals surface area (Å²) in [4.78, 5) is 12.2. The van der Waals surface area contributed by atoms with Crippen molar-refractivity contribution in [3.05, 3.63) is 35.9 Å². The van der Waals surface area contributed by atoms with Crippen LogP contribution in [0.25, 0.3) is 0 Å². The zero-order chi connectivity index (χ0) is 13.0. The van der Waals surface area contributed by atoms with Crippen LogP contribution in [-0.2, 0) is 0 Å². The van der Waals surface area contributed by atoms with Crippen LogP contribution in [0.5, 0.6) is 0 Å². The van der Waals surface area contributed by atoms with Gasteiger partial charge in [-0.1, -0.05) is 44.9 Å². The van der Waals surface area contributed by atoms with E-state index in [1.807, 2.05) is 30.3 Å². The molecule has 1 aromatic rings. The average Bonchev–Trinajstić information content (AvgIpc) is 2.40. The number of carbonyl (C=O) groups excluding carboxylic acids is 1. The topological polar surface area (TPSA) is 29.1 Å². The largest absolute Gasteiger partial charge is 0.349 e. The molecule has 1 amide bonds. The first-order chi connectivity index (χ1) is 8.68. The number of amides is 1. The number of rotatable bonds is 3. The summed E-state index contributed by atoms with van der Waals surface area (Å²) in [7, 11) is 0. The van der Waals surface area contributed by atoms with Gasteiger partial charge in [-0.15, -0.1) is 0 Å². The third-order valence-electron chi connectivity index (χ3n) is 4.03. The van der Waals surface area contributed by atoms with Gasteiger partial charge in [0.1, 0.15) is 0 Å². The zero-order valence-electron chi connectivity index (χ0n) is 11.4. The molecule has 0 aliphatic heterocycles. The smallest absolute Gasteiger partial charge is 0.251 e. The lowest BCUT2D eigenvalue weighted by molar-refractivity contribution is 0.0889. The quantitative estimate of drug-likeness (QED) is 0.865. The molecule has 2 rings (SSSR count). The molecule has 0 radical (unpaired) electrons. The van der Waals surface area contributed by atoms with Crippen LogP contribution in [0.15, 0.2) is 30.3 Å². The maximum atomic E-state index is 12.2. The normalized spacial score (nSPS) is 23.9. The Kier molecular flexibility index (Phi) is 4.40.